The summed E-state index contributed by atoms with van der Waals surface area (Å²) in [5.74, 6) is 0.104. The lowest BCUT2D eigenvalue weighted by atomic mass is 10.0. The normalized spacial score (nSPS) is 12.7. The lowest BCUT2D eigenvalue weighted by Gasteiger charge is -2.07. The lowest BCUT2D eigenvalue weighted by molar-refractivity contribution is -0.119. The molecule has 1 heterocycles. The van der Waals surface area contributed by atoms with Crippen LogP contribution in [0.5, 0.6) is 0 Å². The summed E-state index contributed by atoms with van der Waals surface area (Å²) in [6.07, 6.45) is 5.75. The van der Waals surface area contributed by atoms with Crippen LogP contribution in [0.15, 0.2) is 12.4 Å². The number of carbonyl (C=O) groups excluding carboxylic acids is 1. The van der Waals surface area contributed by atoms with Crippen LogP contribution in [0.3, 0.4) is 0 Å². The van der Waals surface area contributed by atoms with Crippen molar-refractivity contribution in [3.63, 3.8) is 0 Å². The molecular formula is C11H19N3O. The average molecular weight is 209 g/mol. The Kier molecular flexibility index (Phi) is 4.49. The zero-order valence-corrected chi connectivity index (χ0v) is 9.44. The third-order valence-electron chi connectivity index (χ3n) is 2.40. The smallest absolute Gasteiger partial charge is 0.153 e. The van der Waals surface area contributed by atoms with Crippen LogP contribution in [-0.2, 0) is 17.8 Å². The van der Waals surface area contributed by atoms with Crippen molar-refractivity contribution in [2.75, 3.05) is 0 Å². The third kappa shape index (κ3) is 3.47. The van der Waals surface area contributed by atoms with Gasteiger partial charge in [-0.1, -0.05) is 13.3 Å². The Hall–Kier alpha value is -1.16. The second kappa shape index (κ2) is 5.66. The molecule has 1 aromatic rings. The van der Waals surface area contributed by atoms with Crippen molar-refractivity contribution >= 4 is 5.78 Å². The minimum atomic E-state index is -0.319. The molecule has 0 aliphatic rings. The van der Waals surface area contributed by atoms with Crippen LogP contribution in [0.1, 0.15) is 32.3 Å². The van der Waals surface area contributed by atoms with Crippen molar-refractivity contribution in [1.82, 2.24) is 9.78 Å². The van der Waals surface area contributed by atoms with Crippen molar-refractivity contribution in [1.29, 1.82) is 0 Å². The maximum absolute atomic E-state index is 11.6. The van der Waals surface area contributed by atoms with Gasteiger partial charge in [-0.2, -0.15) is 5.10 Å². The molecule has 4 heteroatoms. The number of ketones is 1. The summed E-state index contributed by atoms with van der Waals surface area (Å²) in [6, 6.07) is -0.319. The molecule has 1 atom stereocenters. The van der Waals surface area contributed by atoms with Gasteiger partial charge < -0.3 is 5.73 Å². The van der Waals surface area contributed by atoms with Gasteiger partial charge >= 0.3 is 0 Å². The molecule has 1 unspecified atom stereocenters. The predicted octanol–water partition coefficient (Wildman–Crippen LogP) is 1.14. The van der Waals surface area contributed by atoms with Crippen LogP contribution in [0.4, 0.5) is 0 Å². The molecule has 15 heavy (non-hydrogen) atoms. The van der Waals surface area contributed by atoms with Crippen LogP contribution >= 0.6 is 0 Å². The van der Waals surface area contributed by atoms with E-state index in [1.807, 2.05) is 24.7 Å². The molecule has 0 aromatic carbocycles. The van der Waals surface area contributed by atoms with Crippen molar-refractivity contribution in [3.8, 4) is 0 Å². The summed E-state index contributed by atoms with van der Waals surface area (Å²) >= 11 is 0. The molecule has 0 spiro atoms. The summed E-state index contributed by atoms with van der Waals surface area (Å²) in [5, 5.41) is 4.12. The first-order chi connectivity index (χ1) is 7.17. The van der Waals surface area contributed by atoms with Gasteiger partial charge in [-0.3, -0.25) is 9.48 Å². The van der Waals surface area contributed by atoms with E-state index in [-0.39, 0.29) is 11.8 Å². The minimum absolute atomic E-state index is 0.104. The zero-order chi connectivity index (χ0) is 11.3. The minimum Gasteiger partial charge on any atom is -0.321 e. The molecule has 0 fully saturated rings. The number of hydrogen-bond acceptors (Lipinski definition) is 3. The molecule has 0 aliphatic heterocycles. The van der Waals surface area contributed by atoms with Crippen molar-refractivity contribution in [3.05, 3.63) is 18.0 Å². The number of rotatable bonds is 6. The van der Waals surface area contributed by atoms with Gasteiger partial charge in [0.2, 0.25) is 0 Å². The Labute approximate surface area is 90.5 Å². The molecule has 0 amide bonds. The summed E-state index contributed by atoms with van der Waals surface area (Å²) in [6.45, 7) is 4.87. The van der Waals surface area contributed by atoms with Crippen LogP contribution in [-0.4, -0.2) is 21.6 Å². The fraction of sp³-hybridized carbons (Fsp3) is 0.636. The van der Waals surface area contributed by atoms with Gasteiger partial charge in [0.1, 0.15) is 0 Å². The first-order valence-electron chi connectivity index (χ1n) is 5.47. The lowest BCUT2D eigenvalue weighted by Crippen LogP contribution is -2.31. The number of nitrogens with two attached hydrogens (primary N) is 1. The molecule has 0 saturated heterocycles. The van der Waals surface area contributed by atoms with Crippen molar-refractivity contribution in [2.24, 2.45) is 5.73 Å². The summed E-state index contributed by atoms with van der Waals surface area (Å²) in [7, 11) is 0. The predicted molar refractivity (Wildman–Crippen MR) is 59.5 cm³/mol. The van der Waals surface area contributed by atoms with Gasteiger partial charge in [-0.15, -0.1) is 0 Å². The molecule has 0 saturated carbocycles. The van der Waals surface area contributed by atoms with Gasteiger partial charge in [0.05, 0.1) is 12.2 Å². The van der Waals surface area contributed by atoms with Gasteiger partial charge in [0, 0.05) is 19.2 Å². The SMILES string of the molecule is CCCC(N)C(=O)Cc1cnn(CC)c1. The molecule has 84 valence electrons. The zero-order valence-electron chi connectivity index (χ0n) is 9.44. The molecule has 0 bridgehead atoms. The summed E-state index contributed by atoms with van der Waals surface area (Å²) < 4.78 is 1.81. The number of carbonyl (C=O) groups is 1. The summed E-state index contributed by atoms with van der Waals surface area (Å²) in [5.41, 5.74) is 6.69. The quantitative estimate of drug-likeness (QED) is 0.764. The monoisotopic (exact) mass is 209 g/mol. The molecule has 1 aromatic heterocycles. The van der Waals surface area contributed by atoms with E-state index in [1.165, 1.54) is 0 Å². The molecule has 0 aliphatic carbocycles. The number of aromatic nitrogens is 2. The number of aryl methyl sites for hydroxylation is 1. The van der Waals surface area contributed by atoms with Crippen molar-refractivity contribution < 1.29 is 4.79 Å². The fourth-order valence-electron chi connectivity index (χ4n) is 1.47. The van der Waals surface area contributed by atoms with Crippen LogP contribution in [0.2, 0.25) is 0 Å². The topological polar surface area (TPSA) is 60.9 Å². The molecule has 0 radical (unpaired) electrons. The van der Waals surface area contributed by atoms with Gasteiger partial charge in [0.15, 0.2) is 5.78 Å². The molecule has 1 rings (SSSR count). The van der Waals surface area contributed by atoms with Gasteiger partial charge in [-0.25, -0.2) is 0 Å². The highest BCUT2D eigenvalue weighted by molar-refractivity contribution is 5.85. The Balaban J connectivity index is 2.50. The van der Waals surface area contributed by atoms with E-state index >= 15 is 0 Å². The first-order valence-corrected chi connectivity index (χ1v) is 5.47. The highest BCUT2D eigenvalue weighted by atomic mass is 16.1. The molecule has 4 nitrogen and oxygen atoms in total. The maximum atomic E-state index is 11.6. The van der Waals surface area contributed by atoms with E-state index in [0.717, 1.165) is 24.9 Å². The van der Waals surface area contributed by atoms with Crippen LogP contribution in [0.25, 0.3) is 0 Å². The van der Waals surface area contributed by atoms with Gasteiger partial charge in [0.25, 0.3) is 0 Å². The van der Waals surface area contributed by atoms with E-state index in [4.69, 9.17) is 5.73 Å². The second-order valence-corrected chi connectivity index (χ2v) is 3.74. The number of nitrogens with zero attached hydrogens (tertiary/aromatic N) is 2. The standard InChI is InChI=1S/C11H19N3O/c1-3-5-10(12)11(15)6-9-7-13-14(4-2)8-9/h7-8,10H,3-6,12H2,1-2H3. The maximum Gasteiger partial charge on any atom is 0.153 e. The number of Topliss-reactive ketones (excluding diaryl/α,β-unsaturated/α-hetero) is 1. The average Bonchev–Trinajstić information content (AvgIpc) is 2.66. The Morgan fingerprint density at radius 2 is 2.33 bits per heavy atom. The fourth-order valence-corrected chi connectivity index (χ4v) is 1.47. The van der Waals surface area contributed by atoms with E-state index < -0.39 is 0 Å². The second-order valence-electron chi connectivity index (χ2n) is 3.74. The summed E-state index contributed by atoms with van der Waals surface area (Å²) in [4.78, 5) is 11.6. The Bertz CT molecular complexity index is 319. The largest absolute Gasteiger partial charge is 0.321 e. The molecule has 2 N–H and O–H groups in total. The van der Waals surface area contributed by atoms with Crippen LogP contribution < -0.4 is 5.73 Å². The first kappa shape index (κ1) is 11.9. The van der Waals surface area contributed by atoms with Crippen molar-refractivity contribution in [2.45, 2.75) is 45.7 Å². The Morgan fingerprint density at radius 3 is 2.87 bits per heavy atom. The number of hydrogen-bond donors (Lipinski definition) is 1. The third-order valence-corrected chi connectivity index (χ3v) is 2.40. The highest BCUT2D eigenvalue weighted by Gasteiger charge is 2.13. The van der Waals surface area contributed by atoms with E-state index in [0.29, 0.717) is 6.42 Å². The molecular weight excluding hydrogens is 190 g/mol. The Morgan fingerprint density at radius 1 is 1.60 bits per heavy atom. The van der Waals surface area contributed by atoms with Crippen LogP contribution in [0, 0.1) is 0 Å². The van der Waals surface area contributed by atoms with E-state index in [9.17, 15) is 4.79 Å². The van der Waals surface area contributed by atoms with E-state index in [2.05, 4.69) is 5.10 Å². The highest BCUT2D eigenvalue weighted by Crippen LogP contribution is 2.03. The van der Waals surface area contributed by atoms with E-state index in [1.54, 1.807) is 6.20 Å². The van der Waals surface area contributed by atoms with Gasteiger partial charge in [-0.05, 0) is 18.9 Å².